The Morgan fingerprint density at radius 3 is 2.40 bits per heavy atom. The summed E-state index contributed by atoms with van der Waals surface area (Å²) in [4.78, 5) is 34.9. The molecule has 9 heteroatoms. The predicted octanol–water partition coefficient (Wildman–Crippen LogP) is 2.03. The van der Waals surface area contributed by atoms with E-state index in [1.54, 1.807) is 0 Å². The monoisotopic (exact) mass is 370 g/mol. The maximum atomic E-state index is 12.1. The van der Waals surface area contributed by atoms with Gasteiger partial charge in [-0.25, -0.2) is 14.4 Å². The van der Waals surface area contributed by atoms with Gasteiger partial charge >= 0.3 is 17.9 Å². The van der Waals surface area contributed by atoms with Gasteiger partial charge in [0.2, 0.25) is 0 Å². The van der Waals surface area contributed by atoms with Gasteiger partial charge in [0.25, 0.3) is 5.79 Å². The number of carboxylic acid groups (broad SMARTS) is 1. The molecule has 1 aromatic rings. The topological polar surface area (TPSA) is 108 Å². The standard InChI is InChI=1S/C16H15ClO8/c1-16(2)24-14(20)10(15(21)25-16)5-8-4-9(17)6-11(22-3)13(8)23-7-12(18)19/h4-6H,7H2,1-3H3,(H,18,19). The third kappa shape index (κ3) is 4.42. The van der Waals surface area contributed by atoms with Gasteiger partial charge in [0.05, 0.1) is 7.11 Å². The molecule has 0 aliphatic carbocycles. The van der Waals surface area contributed by atoms with E-state index in [1.165, 1.54) is 33.1 Å². The van der Waals surface area contributed by atoms with E-state index in [2.05, 4.69) is 0 Å². The number of esters is 2. The Bertz CT molecular complexity index is 744. The van der Waals surface area contributed by atoms with E-state index in [0.717, 1.165) is 6.08 Å². The van der Waals surface area contributed by atoms with E-state index in [9.17, 15) is 14.4 Å². The van der Waals surface area contributed by atoms with E-state index in [1.807, 2.05) is 0 Å². The van der Waals surface area contributed by atoms with Gasteiger partial charge in [-0.05, 0) is 12.1 Å². The van der Waals surface area contributed by atoms with E-state index < -0.39 is 30.3 Å². The predicted molar refractivity (Wildman–Crippen MR) is 85.4 cm³/mol. The van der Waals surface area contributed by atoms with Gasteiger partial charge in [0.15, 0.2) is 18.1 Å². The number of rotatable bonds is 5. The summed E-state index contributed by atoms with van der Waals surface area (Å²) in [5, 5.41) is 9.02. The molecule has 0 amide bonds. The Balaban J connectivity index is 2.50. The quantitative estimate of drug-likeness (QED) is 0.476. The van der Waals surface area contributed by atoms with E-state index in [-0.39, 0.29) is 27.7 Å². The summed E-state index contributed by atoms with van der Waals surface area (Å²) in [6, 6.07) is 2.79. The zero-order chi connectivity index (χ0) is 18.8. The maximum absolute atomic E-state index is 12.1. The molecule has 25 heavy (non-hydrogen) atoms. The highest BCUT2D eigenvalue weighted by atomic mass is 35.5. The Labute approximate surface area is 147 Å². The second-order valence-electron chi connectivity index (χ2n) is 5.45. The van der Waals surface area contributed by atoms with Crippen LogP contribution in [-0.2, 0) is 23.9 Å². The largest absolute Gasteiger partial charge is 0.493 e. The number of ether oxygens (including phenoxy) is 4. The van der Waals surface area contributed by atoms with Gasteiger partial charge in [0, 0.05) is 30.5 Å². The number of benzene rings is 1. The number of carbonyl (C=O) groups excluding carboxylic acids is 2. The van der Waals surface area contributed by atoms with Crippen LogP contribution >= 0.6 is 11.6 Å². The van der Waals surface area contributed by atoms with Gasteiger partial charge in [-0.1, -0.05) is 11.6 Å². The molecule has 1 aromatic carbocycles. The Morgan fingerprint density at radius 1 is 1.28 bits per heavy atom. The minimum absolute atomic E-state index is 0.00670. The summed E-state index contributed by atoms with van der Waals surface area (Å²) in [5.41, 5.74) is -0.224. The SMILES string of the molecule is COc1cc(Cl)cc(C=C2C(=O)OC(C)(C)OC2=O)c1OCC(=O)O. The summed E-state index contributed by atoms with van der Waals surface area (Å²) in [7, 11) is 1.34. The maximum Gasteiger partial charge on any atom is 0.348 e. The molecule has 1 N–H and O–H groups in total. The lowest BCUT2D eigenvalue weighted by Crippen LogP contribution is -2.41. The average molecular weight is 371 g/mol. The van der Waals surface area contributed by atoms with Crippen molar-refractivity contribution in [3.05, 3.63) is 28.3 Å². The number of cyclic esters (lactones) is 2. The lowest BCUT2D eigenvalue weighted by molar-refractivity contribution is -0.222. The van der Waals surface area contributed by atoms with E-state index in [0.29, 0.717) is 0 Å². The number of hydrogen-bond donors (Lipinski definition) is 1. The van der Waals surface area contributed by atoms with Crippen molar-refractivity contribution in [2.75, 3.05) is 13.7 Å². The number of halogens is 1. The first-order valence-electron chi connectivity index (χ1n) is 7.03. The van der Waals surface area contributed by atoms with Crippen molar-refractivity contribution in [3.8, 4) is 11.5 Å². The summed E-state index contributed by atoms with van der Waals surface area (Å²) in [6.07, 6.45) is 1.14. The van der Waals surface area contributed by atoms with Crippen molar-refractivity contribution in [3.63, 3.8) is 0 Å². The molecule has 0 saturated carbocycles. The van der Waals surface area contributed by atoms with Crippen molar-refractivity contribution in [2.24, 2.45) is 0 Å². The molecule has 2 rings (SSSR count). The molecule has 1 aliphatic heterocycles. The molecule has 0 bridgehead atoms. The normalized spacial score (nSPS) is 15.9. The van der Waals surface area contributed by atoms with Gasteiger partial charge in [-0.15, -0.1) is 0 Å². The third-order valence-electron chi connectivity index (χ3n) is 3.02. The molecule has 8 nitrogen and oxygen atoms in total. The molecular weight excluding hydrogens is 356 g/mol. The number of methoxy groups -OCH3 is 1. The Hall–Kier alpha value is -2.74. The van der Waals surface area contributed by atoms with Crippen LogP contribution < -0.4 is 9.47 Å². The fourth-order valence-electron chi connectivity index (χ4n) is 2.07. The highest BCUT2D eigenvalue weighted by molar-refractivity contribution is 6.31. The van der Waals surface area contributed by atoms with Crippen molar-refractivity contribution in [1.29, 1.82) is 0 Å². The molecule has 0 spiro atoms. The second kappa shape index (κ2) is 7.02. The van der Waals surface area contributed by atoms with Gasteiger partial charge in [0.1, 0.15) is 5.57 Å². The average Bonchev–Trinajstić information content (AvgIpc) is 2.48. The van der Waals surface area contributed by atoms with Crippen LogP contribution in [0.4, 0.5) is 0 Å². The zero-order valence-electron chi connectivity index (χ0n) is 13.6. The van der Waals surface area contributed by atoms with Crippen molar-refractivity contribution in [1.82, 2.24) is 0 Å². The molecule has 134 valence electrons. The minimum Gasteiger partial charge on any atom is -0.493 e. The Kier molecular flexibility index (Phi) is 5.22. The lowest BCUT2D eigenvalue weighted by atomic mass is 10.1. The summed E-state index contributed by atoms with van der Waals surface area (Å²) in [6.45, 7) is 2.18. The van der Waals surface area contributed by atoms with Gasteiger partial charge < -0.3 is 24.1 Å². The number of aliphatic carboxylic acids is 1. The van der Waals surface area contributed by atoms with Crippen LogP contribution in [-0.4, -0.2) is 42.5 Å². The second-order valence-corrected chi connectivity index (χ2v) is 5.88. The first-order chi connectivity index (χ1) is 11.6. The highest BCUT2D eigenvalue weighted by Crippen LogP contribution is 2.37. The summed E-state index contributed by atoms with van der Waals surface area (Å²) in [5.74, 6) is -4.21. The fourth-order valence-corrected chi connectivity index (χ4v) is 2.29. The highest BCUT2D eigenvalue weighted by Gasteiger charge is 2.39. The molecule has 0 atom stereocenters. The number of hydrogen-bond acceptors (Lipinski definition) is 7. The summed E-state index contributed by atoms with van der Waals surface area (Å²) >= 11 is 5.99. The van der Waals surface area contributed by atoms with Crippen LogP contribution in [0.25, 0.3) is 6.08 Å². The molecule has 0 unspecified atom stereocenters. The summed E-state index contributed by atoms with van der Waals surface area (Å²) < 4.78 is 20.3. The van der Waals surface area contributed by atoms with Crippen LogP contribution in [0.2, 0.25) is 5.02 Å². The number of carbonyl (C=O) groups is 3. The van der Waals surface area contributed by atoms with Crippen LogP contribution in [0.1, 0.15) is 19.4 Å². The molecular formula is C16H15ClO8. The zero-order valence-corrected chi connectivity index (χ0v) is 14.4. The van der Waals surface area contributed by atoms with Gasteiger partial charge in [-0.3, -0.25) is 0 Å². The lowest BCUT2D eigenvalue weighted by Gasteiger charge is -2.29. The molecule has 1 heterocycles. The van der Waals surface area contributed by atoms with Crippen molar-refractivity contribution in [2.45, 2.75) is 19.6 Å². The molecule has 1 aliphatic rings. The van der Waals surface area contributed by atoms with Crippen LogP contribution in [0.5, 0.6) is 11.5 Å². The molecule has 1 fully saturated rings. The third-order valence-corrected chi connectivity index (χ3v) is 3.24. The minimum atomic E-state index is -1.37. The van der Waals surface area contributed by atoms with E-state index in [4.69, 9.17) is 35.7 Å². The van der Waals surface area contributed by atoms with E-state index >= 15 is 0 Å². The smallest absolute Gasteiger partial charge is 0.348 e. The first-order valence-corrected chi connectivity index (χ1v) is 7.41. The van der Waals surface area contributed by atoms with Crippen molar-refractivity contribution >= 4 is 35.6 Å². The van der Waals surface area contributed by atoms with Crippen molar-refractivity contribution < 1.29 is 38.4 Å². The van der Waals surface area contributed by atoms with Crippen LogP contribution in [0.15, 0.2) is 17.7 Å². The van der Waals surface area contributed by atoms with Crippen LogP contribution in [0, 0.1) is 0 Å². The fraction of sp³-hybridized carbons (Fsp3) is 0.312. The molecule has 1 saturated heterocycles. The number of carboxylic acids is 1. The molecule has 0 radical (unpaired) electrons. The Morgan fingerprint density at radius 2 is 1.88 bits per heavy atom. The van der Waals surface area contributed by atoms with Crippen LogP contribution in [0.3, 0.4) is 0 Å². The van der Waals surface area contributed by atoms with Gasteiger partial charge in [-0.2, -0.15) is 0 Å². The first kappa shape index (κ1) is 18.6. The molecule has 0 aromatic heterocycles.